The second-order valence-corrected chi connectivity index (χ2v) is 5.23. The summed E-state index contributed by atoms with van der Waals surface area (Å²) >= 11 is 0. The number of nitrogens with zero attached hydrogens (tertiary/aromatic N) is 3. The summed E-state index contributed by atoms with van der Waals surface area (Å²) in [7, 11) is 0. The Balaban J connectivity index is 1.76. The molecular weight excluding hydrogens is 282 g/mol. The van der Waals surface area contributed by atoms with E-state index in [1.165, 1.54) is 0 Å². The van der Waals surface area contributed by atoms with Crippen molar-refractivity contribution < 1.29 is 0 Å². The van der Waals surface area contributed by atoms with E-state index >= 15 is 0 Å². The first-order valence-corrected chi connectivity index (χ1v) is 7.23. The van der Waals surface area contributed by atoms with Gasteiger partial charge in [0.2, 0.25) is 0 Å². The topological polar surface area (TPSA) is 60.5 Å². The van der Waals surface area contributed by atoms with Crippen LogP contribution in [0.15, 0.2) is 66.9 Å². The van der Waals surface area contributed by atoms with Crippen molar-refractivity contribution >= 4 is 0 Å². The fourth-order valence-electron chi connectivity index (χ4n) is 2.35. The molecule has 0 radical (unpaired) electrons. The van der Waals surface area contributed by atoms with E-state index in [9.17, 15) is 0 Å². The summed E-state index contributed by atoms with van der Waals surface area (Å²) < 4.78 is 0. The summed E-state index contributed by atoms with van der Waals surface area (Å²) in [6.07, 6.45) is 2.65. The maximum Gasteiger partial charge on any atom is 0.0991 e. The van der Waals surface area contributed by atoms with Gasteiger partial charge in [0.25, 0.3) is 0 Å². The molecule has 0 amide bonds. The third-order valence-corrected chi connectivity index (χ3v) is 3.63. The summed E-state index contributed by atoms with van der Waals surface area (Å²) in [5, 5.41) is 17.6. The van der Waals surface area contributed by atoms with Gasteiger partial charge < -0.3 is 0 Å². The molecule has 0 saturated heterocycles. The van der Waals surface area contributed by atoms with Crippen molar-refractivity contribution in [3.8, 4) is 23.4 Å². The van der Waals surface area contributed by atoms with Gasteiger partial charge in [-0.1, -0.05) is 30.3 Å². The van der Waals surface area contributed by atoms with E-state index in [0.717, 1.165) is 28.8 Å². The fourth-order valence-corrected chi connectivity index (χ4v) is 2.35. The van der Waals surface area contributed by atoms with Gasteiger partial charge in [-0.15, -0.1) is 0 Å². The molecule has 0 atom stereocenters. The molecule has 0 spiro atoms. The molecular formula is C20H13N3. The molecule has 23 heavy (non-hydrogen) atoms. The molecule has 3 nitrogen and oxygen atoms in total. The molecule has 3 rings (SSSR count). The van der Waals surface area contributed by atoms with E-state index in [-0.39, 0.29) is 0 Å². The van der Waals surface area contributed by atoms with Gasteiger partial charge in [-0.05, 0) is 47.9 Å². The van der Waals surface area contributed by atoms with E-state index in [1.54, 1.807) is 12.1 Å². The highest BCUT2D eigenvalue weighted by atomic mass is 14.7. The van der Waals surface area contributed by atoms with Gasteiger partial charge >= 0.3 is 0 Å². The fraction of sp³-hybridized carbons (Fsp3) is 0.0500. The molecule has 0 N–H and O–H groups in total. The third kappa shape index (κ3) is 3.43. The minimum Gasteiger partial charge on any atom is -0.256 e. The Morgan fingerprint density at radius 2 is 1.26 bits per heavy atom. The predicted molar refractivity (Wildman–Crippen MR) is 88.4 cm³/mol. The average Bonchev–Trinajstić information content (AvgIpc) is 2.63. The number of pyridine rings is 1. The second kappa shape index (κ2) is 6.56. The molecule has 1 aromatic heterocycles. The Morgan fingerprint density at radius 1 is 0.696 bits per heavy atom. The Bertz CT molecular complexity index is 878. The zero-order valence-electron chi connectivity index (χ0n) is 12.4. The molecule has 0 unspecified atom stereocenters. The van der Waals surface area contributed by atoms with Crippen LogP contribution in [0.1, 0.15) is 22.3 Å². The van der Waals surface area contributed by atoms with E-state index in [0.29, 0.717) is 11.1 Å². The first-order valence-electron chi connectivity index (χ1n) is 7.23. The highest BCUT2D eigenvalue weighted by Gasteiger charge is 2.02. The van der Waals surface area contributed by atoms with E-state index in [2.05, 4.69) is 23.2 Å². The standard InChI is InChI=1S/C20H13N3/c21-12-16-3-1-15(2-4-16)11-18-7-10-20(23-14-18)19-8-5-17(13-22)6-9-19/h1-10,14H,11H2. The van der Waals surface area contributed by atoms with Crippen LogP contribution in [-0.4, -0.2) is 4.98 Å². The summed E-state index contributed by atoms with van der Waals surface area (Å²) in [5.41, 5.74) is 5.46. The quantitative estimate of drug-likeness (QED) is 0.731. The summed E-state index contributed by atoms with van der Waals surface area (Å²) in [6, 6.07) is 23.2. The van der Waals surface area contributed by atoms with Crippen LogP contribution in [0.25, 0.3) is 11.3 Å². The van der Waals surface area contributed by atoms with Crippen LogP contribution < -0.4 is 0 Å². The van der Waals surface area contributed by atoms with Crippen molar-refractivity contribution in [3.05, 3.63) is 89.1 Å². The normalized spacial score (nSPS) is 9.83. The van der Waals surface area contributed by atoms with Crippen LogP contribution in [0, 0.1) is 22.7 Å². The maximum absolute atomic E-state index is 8.83. The van der Waals surface area contributed by atoms with Crippen molar-refractivity contribution in [1.29, 1.82) is 10.5 Å². The average molecular weight is 295 g/mol. The largest absolute Gasteiger partial charge is 0.256 e. The van der Waals surface area contributed by atoms with Crippen molar-refractivity contribution in [2.45, 2.75) is 6.42 Å². The van der Waals surface area contributed by atoms with Crippen LogP contribution in [0.4, 0.5) is 0 Å². The molecule has 108 valence electrons. The molecule has 3 heteroatoms. The van der Waals surface area contributed by atoms with Gasteiger partial charge in [0.05, 0.1) is 29.0 Å². The number of aromatic nitrogens is 1. The molecule has 1 heterocycles. The van der Waals surface area contributed by atoms with Crippen molar-refractivity contribution in [3.63, 3.8) is 0 Å². The lowest BCUT2D eigenvalue weighted by Gasteiger charge is -2.04. The van der Waals surface area contributed by atoms with Gasteiger partial charge in [-0.3, -0.25) is 4.98 Å². The minimum atomic E-state index is 0.645. The molecule has 0 fully saturated rings. The summed E-state index contributed by atoms with van der Waals surface area (Å²) in [5.74, 6) is 0. The number of rotatable bonds is 3. The van der Waals surface area contributed by atoms with Crippen LogP contribution in [0.5, 0.6) is 0 Å². The van der Waals surface area contributed by atoms with Gasteiger partial charge in [0.1, 0.15) is 0 Å². The summed E-state index contributed by atoms with van der Waals surface area (Å²) in [4.78, 5) is 4.50. The lowest BCUT2D eigenvalue weighted by Crippen LogP contribution is -1.91. The van der Waals surface area contributed by atoms with E-state index in [4.69, 9.17) is 10.5 Å². The zero-order chi connectivity index (χ0) is 16.1. The highest BCUT2D eigenvalue weighted by Crippen LogP contribution is 2.18. The number of benzene rings is 2. The second-order valence-electron chi connectivity index (χ2n) is 5.23. The Labute approximate surface area is 135 Å². The van der Waals surface area contributed by atoms with Crippen molar-refractivity contribution in [2.24, 2.45) is 0 Å². The Kier molecular flexibility index (Phi) is 4.13. The molecule has 3 aromatic rings. The maximum atomic E-state index is 8.83. The smallest absolute Gasteiger partial charge is 0.0991 e. The first-order chi connectivity index (χ1) is 11.3. The number of nitriles is 2. The van der Waals surface area contributed by atoms with Crippen molar-refractivity contribution in [1.82, 2.24) is 4.98 Å². The van der Waals surface area contributed by atoms with Gasteiger partial charge in [-0.25, -0.2) is 0 Å². The van der Waals surface area contributed by atoms with E-state index < -0.39 is 0 Å². The lowest BCUT2D eigenvalue weighted by atomic mass is 10.0. The van der Waals surface area contributed by atoms with E-state index in [1.807, 2.05) is 48.7 Å². The van der Waals surface area contributed by atoms with Crippen LogP contribution in [0.2, 0.25) is 0 Å². The number of hydrogen-bond donors (Lipinski definition) is 0. The highest BCUT2D eigenvalue weighted by molar-refractivity contribution is 5.60. The third-order valence-electron chi connectivity index (χ3n) is 3.63. The Hall–Kier alpha value is -3.43. The monoisotopic (exact) mass is 295 g/mol. The van der Waals surface area contributed by atoms with Gasteiger partial charge in [0, 0.05) is 11.8 Å². The molecule has 0 bridgehead atoms. The lowest BCUT2D eigenvalue weighted by molar-refractivity contribution is 1.15. The molecule has 2 aromatic carbocycles. The van der Waals surface area contributed by atoms with Crippen molar-refractivity contribution in [2.75, 3.05) is 0 Å². The van der Waals surface area contributed by atoms with Gasteiger partial charge in [0.15, 0.2) is 0 Å². The molecule has 0 aliphatic carbocycles. The van der Waals surface area contributed by atoms with Gasteiger partial charge in [-0.2, -0.15) is 10.5 Å². The Morgan fingerprint density at radius 3 is 1.78 bits per heavy atom. The predicted octanol–water partition coefficient (Wildman–Crippen LogP) is 4.08. The minimum absolute atomic E-state index is 0.645. The first kappa shape index (κ1) is 14.5. The van der Waals surface area contributed by atoms with Crippen LogP contribution >= 0.6 is 0 Å². The molecule has 0 aliphatic heterocycles. The van der Waals surface area contributed by atoms with Crippen LogP contribution in [0.3, 0.4) is 0 Å². The molecule has 0 aliphatic rings. The molecule has 0 saturated carbocycles. The SMILES string of the molecule is N#Cc1ccc(Cc2ccc(-c3ccc(C#N)cc3)nc2)cc1. The van der Waals surface area contributed by atoms with Crippen LogP contribution in [-0.2, 0) is 6.42 Å². The summed E-state index contributed by atoms with van der Waals surface area (Å²) in [6.45, 7) is 0. The number of hydrogen-bond acceptors (Lipinski definition) is 3. The zero-order valence-corrected chi connectivity index (χ0v) is 12.4.